The van der Waals surface area contributed by atoms with Crippen LogP contribution in [0.5, 0.6) is 11.5 Å². The summed E-state index contributed by atoms with van der Waals surface area (Å²) >= 11 is 6.99. The smallest absolute Gasteiger partial charge is 0.497 e. The zero-order chi connectivity index (χ0) is 51.4. The lowest BCUT2D eigenvalue weighted by molar-refractivity contribution is -0.137. The van der Waals surface area contributed by atoms with E-state index in [2.05, 4.69) is 42.4 Å². The number of rotatable bonds is 22. The minimum absolute atomic E-state index is 0.00170. The van der Waals surface area contributed by atoms with Gasteiger partial charge in [0.1, 0.15) is 53.0 Å². The van der Waals surface area contributed by atoms with Gasteiger partial charge in [0.05, 0.1) is 26.2 Å². The van der Waals surface area contributed by atoms with E-state index in [1.54, 1.807) is 14.2 Å². The predicted molar refractivity (Wildman–Crippen MR) is 290 cm³/mol. The molecule has 9 rings (SSSR count). The Labute approximate surface area is 438 Å². The van der Waals surface area contributed by atoms with Gasteiger partial charge in [0.2, 0.25) is 5.28 Å². The van der Waals surface area contributed by atoms with E-state index >= 15 is 0 Å². The molecule has 3 heterocycles. The average Bonchev–Trinajstić information content (AvgIpc) is 4.08. The van der Waals surface area contributed by atoms with Crippen LogP contribution in [0.15, 0.2) is 182 Å². The fraction of sp³-hybridized carbons (Fsp3) is 0.274. The summed E-state index contributed by atoms with van der Waals surface area (Å²) in [5.41, 5.74) is 1.90. The summed E-state index contributed by atoms with van der Waals surface area (Å²) in [4.78, 5) is 23.2. The Kier molecular flexibility index (Phi) is 16.3. The Hall–Kier alpha value is -7.62. The Morgan fingerprint density at radius 2 is 1.19 bits per heavy atom. The highest BCUT2D eigenvalue weighted by Gasteiger charge is 2.55. The van der Waals surface area contributed by atoms with Crippen LogP contribution in [-0.4, -0.2) is 59.8 Å². The van der Waals surface area contributed by atoms with Crippen molar-refractivity contribution in [1.82, 2.24) is 14.5 Å². The van der Waals surface area contributed by atoms with Crippen LogP contribution in [0.2, 0.25) is 5.28 Å². The summed E-state index contributed by atoms with van der Waals surface area (Å²) in [5, 5.41) is 4.56. The SMILES string of the molecule is C#C[C@]1(COC(=O)OCCCCCCCC)O[C@@H](n2ccc3c(NC(c4ccccc4)(c4ccccc4)c4ccc(OC)cc4)nc(Cl)nc32)C[C@@H]1OC(c1ccccc1)(c1ccccc1)c1ccc(OC)cc1. The van der Waals surface area contributed by atoms with Crippen LogP contribution in [-0.2, 0) is 30.1 Å². The maximum atomic E-state index is 13.5. The molecule has 1 fully saturated rings. The largest absolute Gasteiger partial charge is 0.508 e. The molecular formula is C62H61ClN4O7. The second-order valence-electron chi connectivity index (χ2n) is 18.4. The third kappa shape index (κ3) is 10.6. The number of aromatic nitrogens is 3. The van der Waals surface area contributed by atoms with Gasteiger partial charge in [0, 0.05) is 12.6 Å². The number of halogens is 1. The number of ether oxygens (including phenoxy) is 6. The van der Waals surface area contributed by atoms with E-state index in [-0.39, 0.29) is 24.9 Å². The van der Waals surface area contributed by atoms with Gasteiger partial charge in [-0.25, -0.2) is 9.78 Å². The van der Waals surface area contributed by atoms with E-state index in [0.29, 0.717) is 22.6 Å². The number of unbranched alkanes of at least 4 members (excludes halogenated alkanes) is 5. The standard InChI is InChI=1S/C62H61ClN4O7/c1-5-7-8-9-10-23-42-71-59(68)72-44-60(6-2)54(73-62(48-28-19-13-20-29-48,49-30-21-14-22-31-49)50-34-38-52(70-4)39-35-50)43-55(74-60)67-41-40-53-56(64-58(63)65-57(53)67)66-61(45-24-15-11-16-25-45,46-26-17-12-18-27-46)47-32-36-51(69-3)37-33-47/h2,11-22,24-41,54-55H,5,7-10,23,42-44H2,1,3-4H3,(H,64,65,66)/t54-,55+,60+/m0/s1. The number of fused-ring (bicyclic) bond motifs is 1. The van der Waals surface area contributed by atoms with Crippen molar-refractivity contribution in [3.05, 3.63) is 221 Å². The normalized spacial score (nSPS) is 16.6. The molecule has 0 unspecified atom stereocenters. The highest BCUT2D eigenvalue weighted by Crippen LogP contribution is 2.49. The van der Waals surface area contributed by atoms with Gasteiger partial charge in [-0.1, -0.05) is 191 Å². The molecule has 8 aromatic rings. The number of nitrogens with zero attached hydrogens (tertiary/aromatic N) is 3. The summed E-state index contributed by atoms with van der Waals surface area (Å²) in [6, 6.07) is 58.1. The number of carbonyl (C=O) groups is 1. The molecule has 0 radical (unpaired) electrons. The van der Waals surface area contributed by atoms with Crippen LogP contribution in [0.1, 0.15) is 91.5 Å². The molecule has 1 saturated heterocycles. The van der Waals surface area contributed by atoms with E-state index < -0.39 is 35.2 Å². The summed E-state index contributed by atoms with van der Waals surface area (Å²) < 4.78 is 39.5. The van der Waals surface area contributed by atoms with E-state index in [1.807, 2.05) is 162 Å². The summed E-state index contributed by atoms with van der Waals surface area (Å²) in [6.45, 7) is 2.03. The van der Waals surface area contributed by atoms with E-state index in [9.17, 15) is 4.79 Å². The number of nitrogens with one attached hydrogen (secondary N) is 1. The molecule has 2 aromatic heterocycles. The maximum absolute atomic E-state index is 13.5. The van der Waals surface area contributed by atoms with Gasteiger partial charge in [0.15, 0.2) is 5.60 Å². The predicted octanol–water partition coefficient (Wildman–Crippen LogP) is 13.7. The molecule has 1 aliphatic rings. The van der Waals surface area contributed by atoms with E-state index in [4.69, 9.17) is 56.4 Å². The van der Waals surface area contributed by atoms with Crippen molar-refractivity contribution in [2.24, 2.45) is 0 Å². The molecule has 74 heavy (non-hydrogen) atoms. The Bertz CT molecular complexity index is 3040. The van der Waals surface area contributed by atoms with Gasteiger partial charge < -0.3 is 38.3 Å². The molecule has 11 nitrogen and oxygen atoms in total. The number of methoxy groups -OCH3 is 2. The lowest BCUT2D eigenvalue weighted by Crippen LogP contribution is -2.49. The quantitative estimate of drug-likeness (QED) is 0.0231. The Morgan fingerprint density at radius 1 is 0.689 bits per heavy atom. The van der Waals surface area contributed by atoms with Crippen LogP contribution < -0.4 is 14.8 Å². The van der Waals surface area contributed by atoms with Gasteiger partial charge in [-0.3, -0.25) is 0 Å². The van der Waals surface area contributed by atoms with Gasteiger partial charge in [-0.15, -0.1) is 6.42 Å². The summed E-state index contributed by atoms with van der Waals surface area (Å²) in [6.07, 6.45) is 12.4. The third-order valence-corrected chi connectivity index (χ3v) is 14.1. The van der Waals surface area contributed by atoms with Crippen LogP contribution in [0, 0.1) is 12.3 Å². The molecule has 1 N–H and O–H groups in total. The van der Waals surface area contributed by atoms with Crippen LogP contribution in [0.25, 0.3) is 11.0 Å². The van der Waals surface area contributed by atoms with Crippen LogP contribution >= 0.6 is 11.6 Å². The highest BCUT2D eigenvalue weighted by atomic mass is 35.5. The first-order valence-corrected chi connectivity index (χ1v) is 25.6. The highest BCUT2D eigenvalue weighted by molar-refractivity contribution is 6.28. The molecule has 6 aromatic carbocycles. The topological polar surface area (TPSA) is 115 Å². The van der Waals surface area contributed by atoms with Crippen LogP contribution in [0.3, 0.4) is 0 Å². The van der Waals surface area contributed by atoms with Crippen molar-refractivity contribution in [2.75, 3.05) is 32.8 Å². The fourth-order valence-corrected chi connectivity index (χ4v) is 10.3. The molecule has 0 amide bonds. The zero-order valence-corrected chi connectivity index (χ0v) is 42.7. The second kappa shape index (κ2) is 23.5. The van der Waals surface area contributed by atoms with Crippen molar-refractivity contribution >= 4 is 34.6 Å². The molecule has 12 heteroatoms. The first-order valence-electron chi connectivity index (χ1n) is 25.2. The van der Waals surface area contributed by atoms with Crippen molar-refractivity contribution < 1.29 is 33.2 Å². The van der Waals surface area contributed by atoms with Gasteiger partial charge in [-0.05, 0) is 81.7 Å². The molecule has 1 aliphatic heterocycles. The van der Waals surface area contributed by atoms with E-state index in [1.165, 1.54) is 6.42 Å². The number of anilines is 1. The first kappa shape index (κ1) is 51.3. The number of benzene rings is 6. The Balaban J connectivity index is 1.14. The summed E-state index contributed by atoms with van der Waals surface area (Å²) in [5.74, 6) is 4.81. The second-order valence-corrected chi connectivity index (χ2v) is 18.7. The van der Waals surface area contributed by atoms with Gasteiger partial charge in [-0.2, -0.15) is 4.98 Å². The van der Waals surface area contributed by atoms with Crippen molar-refractivity contribution in [3.63, 3.8) is 0 Å². The minimum atomic E-state index is -1.65. The summed E-state index contributed by atoms with van der Waals surface area (Å²) in [7, 11) is 3.28. The average molecular weight is 1010 g/mol. The Morgan fingerprint density at radius 3 is 1.73 bits per heavy atom. The van der Waals surface area contributed by atoms with Gasteiger partial charge in [0.25, 0.3) is 0 Å². The molecule has 0 saturated carbocycles. The van der Waals surface area contributed by atoms with Crippen molar-refractivity contribution in [1.29, 1.82) is 0 Å². The maximum Gasteiger partial charge on any atom is 0.508 e. The van der Waals surface area contributed by atoms with Crippen LogP contribution in [0.4, 0.5) is 10.6 Å². The van der Waals surface area contributed by atoms with E-state index in [0.717, 1.165) is 71.2 Å². The fourth-order valence-electron chi connectivity index (χ4n) is 10.1. The van der Waals surface area contributed by atoms with Crippen molar-refractivity contribution in [3.8, 4) is 23.8 Å². The molecule has 0 bridgehead atoms. The number of hydrogen-bond donors (Lipinski definition) is 1. The minimum Gasteiger partial charge on any atom is -0.497 e. The number of terminal acetylenes is 1. The lowest BCUT2D eigenvalue weighted by atomic mass is 9.77. The molecule has 0 aliphatic carbocycles. The molecule has 3 atom stereocenters. The van der Waals surface area contributed by atoms with Gasteiger partial charge >= 0.3 is 6.16 Å². The lowest BCUT2D eigenvalue weighted by Gasteiger charge is -2.41. The molecule has 0 spiro atoms. The third-order valence-electron chi connectivity index (χ3n) is 13.9. The monoisotopic (exact) mass is 1010 g/mol. The molecule has 378 valence electrons. The zero-order valence-electron chi connectivity index (χ0n) is 42.0. The first-order chi connectivity index (χ1) is 36.3. The van der Waals surface area contributed by atoms with Crippen molar-refractivity contribution in [2.45, 2.75) is 80.9 Å². The molecular weight excluding hydrogens is 948 g/mol. The number of carbonyl (C=O) groups excluding carboxylic acids is 1. The number of hydrogen-bond acceptors (Lipinski definition) is 10.